The fourth-order valence-electron chi connectivity index (χ4n) is 4.48. The summed E-state index contributed by atoms with van der Waals surface area (Å²) in [5.74, 6) is 1.93. The van der Waals surface area contributed by atoms with Crippen LogP contribution in [-0.4, -0.2) is 5.97 Å². The zero-order valence-corrected chi connectivity index (χ0v) is 14.4. The highest BCUT2D eigenvalue weighted by molar-refractivity contribution is 5.72. The first-order chi connectivity index (χ1) is 10.4. The summed E-state index contributed by atoms with van der Waals surface area (Å²) in [6.45, 7) is 10.5. The Kier molecular flexibility index (Phi) is 3.86. The molecule has 22 heavy (non-hydrogen) atoms. The van der Waals surface area contributed by atoms with Gasteiger partial charge in [-0.3, -0.25) is 4.79 Å². The molecule has 1 aromatic heterocycles. The van der Waals surface area contributed by atoms with Gasteiger partial charge in [0.15, 0.2) is 0 Å². The molecule has 0 radical (unpaired) electrons. The van der Waals surface area contributed by atoms with Crippen LogP contribution < -0.4 is 0 Å². The highest BCUT2D eigenvalue weighted by atomic mass is 16.5. The van der Waals surface area contributed by atoms with E-state index in [1.165, 1.54) is 19.3 Å². The van der Waals surface area contributed by atoms with Crippen LogP contribution in [0.25, 0.3) is 0 Å². The van der Waals surface area contributed by atoms with E-state index < -0.39 is 0 Å². The van der Waals surface area contributed by atoms with Crippen molar-refractivity contribution < 1.29 is 13.9 Å². The molecule has 1 saturated carbocycles. The van der Waals surface area contributed by atoms with Crippen LogP contribution in [0, 0.1) is 30.1 Å². The van der Waals surface area contributed by atoms with Gasteiger partial charge in [0.05, 0.1) is 12.2 Å². The van der Waals surface area contributed by atoms with Gasteiger partial charge in [0.1, 0.15) is 11.9 Å². The van der Waals surface area contributed by atoms with Crippen LogP contribution >= 0.6 is 0 Å². The van der Waals surface area contributed by atoms with Gasteiger partial charge in [0.2, 0.25) is 0 Å². The second kappa shape index (κ2) is 5.43. The maximum absolute atomic E-state index is 12.3. The molecule has 3 rings (SSSR count). The summed E-state index contributed by atoms with van der Waals surface area (Å²) >= 11 is 0. The van der Waals surface area contributed by atoms with Crippen LogP contribution in [-0.2, 0) is 16.0 Å². The number of aryl methyl sites for hydroxylation is 1. The van der Waals surface area contributed by atoms with Crippen molar-refractivity contribution in [1.82, 2.24) is 0 Å². The lowest BCUT2D eigenvalue weighted by atomic mass is 9.54. The number of rotatable bonds is 2. The van der Waals surface area contributed by atoms with Crippen molar-refractivity contribution in [1.29, 1.82) is 0 Å². The topological polar surface area (TPSA) is 39.4 Å². The highest BCUT2D eigenvalue weighted by Crippen LogP contribution is 2.59. The van der Waals surface area contributed by atoms with Crippen LogP contribution in [0.4, 0.5) is 0 Å². The number of ether oxygens (including phenoxy) is 1. The van der Waals surface area contributed by atoms with E-state index in [0.717, 1.165) is 23.3 Å². The number of esters is 1. The quantitative estimate of drug-likeness (QED) is 0.735. The molecular weight excluding hydrogens is 276 g/mol. The Bertz CT molecular complexity index is 571. The molecule has 0 N–H and O–H groups in total. The number of hydrogen-bond acceptors (Lipinski definition) is 3. The molecule has 2 aliphatic rings. The molecule has 122 valence electrons. The molecule has 3 nitrogen and oxygen atoms in total. The largest absolute Gasteiger partial charge is 0.469 e. The SMILES string of the molecule is Cc1coc2c1[C@@H](OC(=O)C(C)C)[C@@]1(C)[C@H](CCC[C@@H]1C)C2. The Labute approximate surface area is 133 Å². The molecule has 2 aliphatic carbocycles. The summed E-state index contributed by atoms with van der Waals surface area (Å²) in [4.78, 5) is 12.3. The highest BCUT2D eigenvalue weighted by Gasteiger charge is 2.54. The summed E-state index contributed by atoms with van der Waals surface area (Å²) in [6, 6.07) is 0. The second-order valence-corrected chi connectivity index (χ2v) is 7.83. The van der Waals surface area contributed by atoms with Crippen molar-refractivity contribution >= 4 is 5.97 Å². The minimum atomic E-state index is -0.162. The molecule has 0 aromatic carbocycles. The van der Waals surface area contributed by atoms with E-state index in [2.05, 4.69) is 20.8 Å². The first kappa shape index (κ1) is 15.6. The van der Waals surface area contributed by atoms with Gasteiger partial charge in [0.25, 0.3) is 0 Å². The van der Waals surface area contributed by atoms with Crippen LogP contribution in [0.15, 0.2) is 10.7 Å². The summed E-state index contributed by atoms with van der Waals surface area (Å²) in [5, 5.41) is 0. The van der Waals surface area contributed by atoms with E-state index in [-0.39, 0.29) is 23.4 Å². The lowest BCUT2D eigenvalue weighted by Crippen LogP contribution is -2.48. The molecule has 0 unspecified atom stereocenters. The van der Waals surface area contributed by atoms with Gasteiger partial charge in [-0.15, -0.1) is 0 Å². The molecule has 0 amide bonds. The van der Waals surface area contributed by atoms with Crippen LogP contribution in [0.5, 0.6) is 0 Å². The molecule has 0 aliphatic heterocycles. The predicted molar refractivity (Wildman–Crippen MR) is 85.4 cm³/mol. The monoisotopic (exact) mass is 304 g/mol. The Morgan fingerprint density at radius 3 is 2.82 bits per heavy atom. The normalized spacial score (nSPS) is 34.2. The van der Waals surface area contributed by atoms with Gasteiger partial charge in [0, 0.05) is 17.4 Å². The summed E-state index contributed by atoms with van der Waals surface area (Å²) in [7, 11) is 0. The number of hydrogen-bond donors (Lipinski definition) is 0. The van der Waals surface area contributed by atoms with E-state index >= 15 is 0 Å². The standard InChI is InChI=1S/C19H28O3/c1-11(2)18(20)22-17-16-12(3)10-21-15(16)9-14-8-6-7-13(4)19(14,17)5/h10-11,13-14,17H,6-9H2,1-5H3/t13-,14+,17+,19+/m0/s1. The Balaban J connectivity index is 2.06. The van der Waals surface area contributed by atoms with Crippen molar-refractivity contribution in [3.8, 4) is 0 Å². The minimum Gasteiger partial charge on any atom is -0.469 e. The van der Waals surface area contributed by atoms with Crippen molar-refractivity contribution in [3.05, 3.63) is 23.2 Å². The van der Waals surface area contributed by atoms with E-state index in [9.17, 15) is 4.79 Å². The molecule has 0 bridgehead atoms. The van der Waals surface area contributed by atoms with E-state index in [4.69, 9.17) is 9.15 Å². The first-order valence-electron chi connectivity index (χ1n) is 8.63. The van der Waals surface area contributed by atoms with E-state index in [1.807, 2.05) is 20.1 Å². The van der Waals surface area contributed by atoms with Crippen LogP contribution in [0.3, 0.4) is 0 Å². The molecule has 3 heteroatoms. The van der Waals surface area contributed by atoms with Crippen molar-refractivity contribution in [2.24, 2.45) is 23.2 Å². The molecule has 0 saturated heterocycles. The van der Waals surface area contributed by atoms with E-state index in [1.54, 1.807) is 0 Å². The Morgan fingerprint density at radius 1 is 1.41 bits per heavy atom. The van der Waals surface area contributed by atoms with Crippen molar-refractivity contribution in [2.75, 3.05) is 0 Å². The van der Waals surface area contributed by atoms with Gasteiger partial charge in [-0.2, -0.15) is 0 Å². The van der Waals surface area contributed by atoms with Gasteiger partial charge in [-0.25, -0.2) is 0 Å². The lowest BCUT2D eigenvalue weighted by Gasteiger charge is -2.52. The van der Waals surface area contributed by atoms with Crippen molar-refractivity contribution in [2.45, 2.75) is 66.4 Å². The summed E-state index contributed by atoms with van der Waals surface area (Å²) < 4.78 is 11.9. The third-order valence-electron chi connectivity index (χ3n) is 6.20. The average Bonchev–Trinajstić information content (AvgIpc) is 2.82. The number of fused-ring (bicyclic) bond motifs is 2. The molecule has 4 atom stereocenters. The third-order valence-corrected chi connectivity index (χ3v) is 6.20. The first-order valence-corrected chi connectivity index (χ1v) is 8.63. The predicted octanol–water partition coefficient (Wildman–Crippen LogP) is 4.83. The molecule has 1 aromatic rings. The number of carbonyl (C=O) groups is 1. The minimum absolute atomic E-state index is 0.0183. The Hall–Kier alpha value is -1.25. The number of carbonyl (C=O) groups excluding carboxylic acids is 1. The average molecular weight is 304 g/mol. The maximum Gasteiger partial charge on any atom is 0.309 e. The van der Waals surface area contributed by atoms with Crippen molar-refractivity contribution in [3.63, 3.8) is 0 Å². The molecule has 0 spiro atoms. The summed E-state index contributed by atoms with van der Waals surface area (Å²) in [5.41, 5.74) is 2.28. The van der Waals surface area contributed by atoms with Gasteiger partial charge < -0.3 is 9.15 Å². The lowest BCUT2D eigenvalue weighted by molar-refractivity contribution is -0.173. The fourth-order valence-corrected chi connectivity index (χ4v) is 4.48. The van der Waals surface area contributed by atoms with Gasteiger partial charge in [-0.1, -0.05) is 40.5 Å². The smallest absolute Gasteiger partial charge is 0.309 e. The van der Waals surface area contributed by atoms with Gasteiger partial charge in [-0.05, 0) is 30.7 Å². The molecule has 1 fully saturated rings. The second-order valence-electron chi connectivity index (χ2n) is 7.83. The molecule has 1 heterocycles. The fraction of sp³-hybridized carbons (Fsp3) is 0.737. The molecular formula is C19H28O3. The third kappa shape index (κ3) is 2.21. The summed E-state index contributed by atoms with van der Waals surface area (Å²) in [6.07, 6.45) is 6.34. The van der Waals surface area contributed by atoms with Crippen LogP contribution in [0.1, 0.15) is 69.9 Å². The zero-order valence-electron chi connectivity index (χ0n) is 14.4. The van der Waals surface area contributed by atoms with E-state index in [0.29, 0.717) is 11.8 Å². The van der Waals surface area contributed by atoms with Gasteiger partial charge >= 0.3 is 5.97 Å². The number of furan rings is 1. The zero-order chi connectivity index (χ0) is 16.1. The maximum atomic E-state index is 12.3. The Morgan fingerprint density at radius 2 is 2.14 bits per heavy atom. The van der Waals surface area contributed by atoms with Crippen LogP contribution in [0.2, 0.25) is 0 Å².